The molecule has 2 saturated heterocycles. The first-order valence-electron chi connectivity index (χ1n) is 7.29. The van der Waals surface area contributed by atoms with Crippen LogP contribution in [-0.2, 0) is 9.53 Å². The van der Waals surface area contributed by atoms with E-state index in [2.05, 4.69) is 16.7 Å². The van der Waals surface area contributed by atoms with Crippen LogP contribution in [0.4, 0.5) is 0 Å². The van der Waals surface area contributed by atoms with Gasteiger partial charge in [0.1, 0.15) is 5.54 Å². The minimum atomic E-state index is -0.874. The lowest BCUT2D eigenvalue weighted by atomic mass is 9.98. The zero-order chi connectivity index (χ0) is 14.0. The molecule has 2 fully saturated rings. The van der Waals surface area contributed by atoms with Gasteiger partial charge in [-0.2, -0.15) is 0 Å². The monoisotopic (exact) mass is 269 g/mol. The molecule has 0 saturated carbocycles. The van der Waals surface area contributed by atoms with Crippen LogP contribution in [0.15, 0.2) is 0 Å². The second-order valence-corrected chi connectivity index (χ2v) is 6.29. The maximum Gasteiger partial charge on any atom is 0.325 e. The highest BCUT2D eigenvalue weighted by molar-refractivity contribution is 5.79. The summed E-state index contributed by atoms with van der Waals surface area (Å²) in [4.78, 5) is 16.7. The fourth-order valence-electron chi connectivity index (χ4n) is 3.27. The van der Waals surface area contributed by atoms with Crippen molar-refractivity contribution < 1.29 is 9.53 Å². The van der Waals surface area contributed by atoms with Crippen LogP contribution < -0.4 is 5.73 Å². The summed E-state index contributed by atoms with van der Waals surface area (Å²) in [5.41, 5.74) is 5.15. The third kappa shape index (κ3) is 3.27. The quantitative estimate of drug-likeness (QED) is 0.750. The minimum absolute atomic E-state index is 0.320. The van der Waals surface area contributed by atoms with Crippen LogP contribution in [0.3, 0.4) is 0 Å². The van der Waals surface area contributed by atoms with E-state index in [1.54, 1.807) is 6.92 Å². The molecule has 0 aromatic heterocycles. The zero-order valence-corrected chi connectivity index (χ0v) is 12.4. The number of carbonyl (C=O) groups excluding carboxylic acids is 1. The Bertz CT molecular complexity index is 333. The van der Waals surface area contributed by atoms with Gasteiger partial charge in [-0.05, 0) is 39.7 Å². The Morgan fingerprint density at radius 3 is 2.89 bits per heavy atom. The van der Waals surface area contributed by atoms with Crippen LogP contribution in [0, 0.1) is 0 Å². The van der Waals surface area contributed by atoms with Crippen LogP contribution in [-0.4, -0.2) is 66.7 Å². The van der Waals surface area contributed by atoms with Crippen molar-refractivity contribution in [3.05, 3.63) is 0 Å². The Morgan fingerprint density at radius 2 is 2.21 bits per heavy atom. The summed E-state index contributed by atoms with van der Waals surface area (Å²) >= 11 is 0. The van der Waals surface area contributed by atoms with Crippen LogP contribution in [0.5, 0.6) is 0 Å². The van der Waals surface area contributed by atoms with Crippen molar-refractivity contribution in [1.29, 1.82) is 0 Å². The molecule has 0 bridgehead atoms. The van der Waals surface area contributed by atoms with Gasteiger partial charge < -0.3 is 10.5 Å². The number of rotatable bonds is 4. The van der Waals surface area contributed by atoms with Crippen molar-refractivity contribution in [2.45, 2.75) is 50.7 Å². The number of hydrogen-bond acceptors (Lipinski definition) is 5. The average Bonchev–Trinajstić information content (AvgIpc) is 2.81. The van der Waals surface area contributed by atoms with E-state index in [-0.39, 0.29) is 5.97 Å². The van der Waals surface area contributed by atoms with Crippen molar-refractivity contribution in [2.75, 3.05) is 33.3 Å². The second-order valence-electron chi connectivity index (χ2n) is 6.29. The van der Waals surface area contributed by atoms with Crippen LogP contribution in [0.2, 0.25) is 0 Å². The lowest BCUT2D eigenvalue weighted by Gasteiger charge is -2.43. The highest BCUT2D eigenvalue weighted by atomic mass is 16.5. The van der Waals surface area contributed by atoms with E-state index in [9.17, 15) is 4.79 Å². The van der Waals surface area contributed by atoms with Crippen molar-refractivity contribution in [2.24, 2.45) is 5.73 Å². The fourth-order valence-corrected chi connectivity index (χ4v) is 3.27. The Labute approximate surface area is 116 Å². The van der Waals surface area contributed by atoms with Gasteiger partial charge in [0.05, 0.1) is 7.11 Å². The fraction of sp³-hybridized carbons (Fsp3) is 0.929. The molecule has 2 N–H and O–H groups in total. The van der Waals surface area contributed by atoms with Crippen molar-refractivity contribution in [3.8, 4) is 0 Å². The molecular formula is C14H27N3O2. The Morgan fingerprint density at radius 1 is 1.47 bits per heavy atom. The minimum Gasteiger partial charge on any atom is -0.468 e. The van der Waals surface area contributed by atoms with Gasteiger partial charge in [0.2, 0.25) is 0 Å². The normalized spacial score (nSPS) is 31.8. The van der Waals surface area contributed by atoms with Gasteiger partial charge in [0.25, 0.3) is 0 Å². The number of methoxy groups -OCH3 is 1. The molecule has 2 aliphatic heterocycles. The predicted octanol–water partition coefficient (Wildman–Crippen LogP) is 0.435. The molecule has 0 amide bonds. The van der Waals surface area contributed by atoms with Gasteiger partial charge in [0.15, 0.2) is 0 Å². The van der Waals surface area contributed by atoms with Crippen LogP contribution in [0.1, 0.15) is 33.1 Å². The summed E-state index contributed by atoms with van der Waals surface area (Å²) in [6.45, 7) is 8.39. The summed E-state index contributed by atoms with van der Waals surface area (Å²) < 4.78 is 4.76. The molecule has 5 heteroatoms. The van der Waals surface area contributed by atoms with Crippen LogP contribution in [0.25, 0.3) is 0 Å². The molecule has 2 aliphatic rings. The Balaban J connectivity index is 1.87. The molecule has 0 aromatic rings. The first-order chi connectivity index (χ1) is 8.94. The molecule has 3 atom stereocenters. The van der Waals surface area contributed by atoms with E-state index in [1.165, 1.54) is 26.5 Å². The molecule has 5 nitrogen and oxygen atoms in total. The summed E-state index contributed by atoms with van der Waals surface area (Å²) in [7, 11) is 1.40. The first kappa shape index (κ1) is 14.8. The molecular weight excluding hydrogens is 242 g/mol. The van der Waals surface area contributed by atoms with E-state index in [0.29, 0.717) is 18.5 Å². The highest BCUT2D eigenvalue weighted by Crippen LogP contribution is 2.25. The number of hydrogen-bond donors (Lipinski definition) is 1. The number of nitrogens with two attached hydrogens (primary N) is 1. The predicted molar refractivity (Wildman–Crippen MR) is 74.9 cm³/mol. The Kier molecular flexibility index (Phi) is 4.48. The first-order valence-corrected chi connectivity index (χ1v) is 7.29. The molecule has 110 valence electrons. The second kappa shape index (κ2) is 5.77. The number of nitrogens with zero attached hydrogens (tertiary/aromatic N) is 2. The summed E-state index contributed by atoms with van der Waals surface area (Å²) in [5.74, 6) is -0.320. The summed E-state index contributed by atoms with van der Waals surface area (Å²) in [5, 5.41) is 0. The number of piperazine rings is 1. The van der Waals surface area contributed by atoms with Gasteiger partial charge in [-0.3, -0.25) is 14.6 Å². The molecule has 0 spiro atoms. The molecule has 0 aliphatic carbocycles. The SMILES string of the molecule is COC(=O)C(C)(N)CCN1CC2CCCN2CC1C. The summed E-state index contributed by atoms with van der Waals surface area (Å²) in [6.07, 6.45) is 3.28. The smallest absolute Gasteiger partial charge is 0.325 e. The highest BCUT2D eigenvalue weighted by Gasteiger charge is 2.36. The van der Waals surface area contributed by atoms with Gasteiger partial charge in [-0.1, -0.05) is 0 Å². The number of esters is 1. The molecule has 2 rings (SSSR count). The lowest BCUT2D eigenvalue weighted by Crippen LogP contribution is -2.56. The molecule has 19 heavy (non-hydrogen) atoms. The number of fused-ring (bicyclic) bond motifs is 1. The van der Waals surface area contributed by atoms with Gasteiger partial charge in [-0.15, -0.1) is 0 Å². The van der Waals surface area contributed by atoms with Gasteiger partial charge in [0, 0.05) is 31.7 Å². The van der Waals surface area contributed by atoms with Gasteiger partial charge in [-0.25, -0.2) is 0 Å². The zero-order valence-electron chi connectivity index (χ0n) is 12.4. The van der Waals surface area contributed by atoms with E-state index in [0.717, 1.165) is 19.6 Å². The molecule has 0 aromatic carbocycles. The van der Waals surface area contributed by atoms with Crippen molar-refractivity contribution >= 4 is 5.97 Å². The van der Waals surface area contributed by atoms with Crippen molar-refractivity contribution in [3.63, 3.8) is 0 Å². The topological polar surface area (TPSA) is 58.8 Å². The van der Waals surface area contributed by atoms with Crippen molar-refractivity contribution in [1.82, 2.24) is 9.80 Å². The molecule has 3 unspecified atom stereocenters. The molecule has 0 radical (unpaired) electrons. The maximum atomic E-state index is 11.6. The third-order valence-corrected chi connectivity index (χ3v) is 4.64. The third-order valence-electron chi connectivity index (χ3n) is 4.64. The van der Waals surface area contributed by atoms with Gasteiger partial charge >= 0.3 is 5.97 Å². The van der Waals surface area contributed by atoms with E-state index in [1.807, 2.05) is 0 Å². The Hall–Kier alpha value is -0.650. The standard InChI is InChI=1S/C14H27N3O2/c1-11-9-17-7-4-5-12(17)10-16(11)8-6-14(2,15)13(18)19-3/h11-12H,4-10,15H2,1-3H3. The average molecular weight is 269 g/mol. The van der Waals surface area contributed by atoms with Crippen LogP contribution >= 0.6 is 0 Å². The summed E-state index contributed by atoms with van der Waals surface area (Å²) in [6, 6.07) is 1.25. The largest absolute Gasteiger partial charge is 0.468 e. The van der Waals surface area contributed by atoms with E-state index in [4.69, 9.17) is 10.5 Å². The van der Waals surface area contributed by atoms with E-state index >= 15 is 0 Å². The maximum absolute atomic E-state index is 11.6. The van der Waals surface area contributed by atoms with E-state index < -0.39 is 5.54 Å². The lowest BCUT2D eigenvalue weighted by molar-refractivity contribution is -0.146. The number of carbonyl (C=O) groups is 1. The number of ether oxygens (including phenoxy) is 1. The molecule has 2 heterocycles.